The van der Waals surface area contributed by atoms with Gasteiger partial charge in [0.25, 0.3) is 0 Å². The molecule has 2 heterocycles. The van der Waals surface area contributed by atoms with E-state index in [1.165, 1.54) is 19.3 Å². The highest BCUT2D eigenvalue weighted by Crippen LogP contribution is 2.30. The lowest BCUT2D eigenvalue weighted by molar-refractivity contribution is -0.135. The van der Waals surface area contributed by atoms with Crippen LogP contribution < -0.4 is 5.32 Å². The molecule has 2 aliphatic rings. The monoisotopic (exact) mass is 430 g/mol. The molecule has 0 unspecified atom stereocenters. The molecule has 8 nitrogen and oxygen atoms in total. The van der Waals surface area contributed by atoms with Gasteiger partial charge in [-0.15, -0.1) is 0 Å². The Morgan fingerprint density at radius 3 is 2.48 bits per heavy atom. The Hall–Kier alpha value is -2.22. The molecule has 31 heavy (non-hydrogen) atoms. The summed E-state index contributed by atoms with van der Waals surface area (Å²) < 4.78 is 0. The van der Waals surface area contributed by atoms with Gasteiger partial charge in [0.15, 0.2) is 0 Å². The van der Waals surface area contributed by atoms with E-state index >= 15 is 0 Å². The summed E-state index contributed by atoms with van der Waals surface area (Å²) >= 11 is 0. The SMILES string of the molecule is CNc1cc(CN(C)C(C)=O)nc([C@H]2CCCCN2CC(=O)N(C)C2CCCCC2)n1. The van der Waals surface area contributed by atoms with Crippen molar-refractivity contribution in [3.05, 3.63) is 17.6 Å². The molecule has 1 aromatic rings. The predicted molar refractivity (Wildman–Crippen MR) is 122 cm³/mol. The third kappa shape index (κ3) is 6.15. The zero-order valence-electron chi connectivity index (χ0n) is 19.6. The minimum Gasteiger partial charge on any atom is -0.373 e. The van der Waals surface area contributed by atoms with Crippen LogP contribution >= 0.6 is 0 Å². The number of rotatable bonds is 7. The highest BCUT2D eigenvalue weighted by atomic mass is 16.2. The van der Waals surface area contributed by atoms with Crippen LogP contribution in [-0.2, 0) is 16.1 Å². The molecule has 3 rings (SSSR count). The quantitative estimate of drug-likeness (QED) is 0.716. The molecule has 1 N–H and O–H groups in total. The fraction of sp³-hybridized carbons (Fsp3) is 0.739. The fourth-order valence-electron chi connectivity index (χ4n) is 4.66. The summed E-state index contributed by atoms with van der Waals surface area (Å²) in [5.41, 5.74) is 0.809. The molecule has 1 aromatic heterocycles. The summed E-state index contributed by atoms with van der Waals surface area (Å²) in [6.07, 6.45) is 9.08. The lowest BCUT2D eigenvalue weighted by atomic mass is 9.94. The number of amides is 2. The van der Waals surface area contributed by atoms with E-state index in [2.05, 4.69) is 10.2 Å². The van der Waals surface area contributed by atoms with Gasteiger partial charge in [-0.05, 0) is 32.2 Å². The first-order valence-corrected chi connectivity index (χ1v) is 11.7. The number of carbonyl (C=O) groups excluding carboxylic acids is 2. The van der Waals surface area contributed by atoms with Gasteiger partial charge in [-0.2, -0.15) is 0 Å². The topological polar surface area (TPSA) is 81.7 Å². The van der Waals surface area contributed by atoms with Crippen molar-refractivity contribution in [2.75, 3.05) is 39.5 Å². The maximum absolute atomic E-state index is 13.1. The molecule has 1 atom stereocenters. The highest BCUT2D eigenvalue weighted by molar-refractivity contribution is 5.78. The minimum absolute atomic E-state index is 0.00168. The van der Waals surface area contributed by atoms with Crippen LogP contribution in [0.5, 0.6) is 0 Å². The molecule has 0 bridgehead atoms. The van der Waals surface area contributed by atoms with Crippen molar-refractivity contribution in [3.63, 3.8) is 0 Å². The fourth-order valence-corrected chi connectivity index (χ4v) is 4.66. The molecule has 2 amide bonds. The number of carbonyl (C=O) groups is 2. The van der Waals surface area contributed by atoms with Crippen LogP contribution in [0.3, 0.4) is 0 Å². The Morgan fingerprint density at radius 1 is 1.10 bits per heavy atom. The second kappa shape index (κ2) is 10.9. The third-order valence-electron chi connectivity index (χ3n) is 6.76. The van der Waals surface area contributed by atoms with Crippen LogP contribution in [0.4, 0.5) is 5.82 Å². The van der Waals surface area contributed by atoms with Crippen molar-refractivity contribution in [1.29, 1.82) is 0 Å². The van der Waals surface area contributed by atoms with Crippen LogP contribution in [0.1, 0.15) is 75.9 Å². The zero-order chi connectivity index (χ0) is 22.4. The first kappa shape index (κ1) is 23.4. The molecule has 8 heteroatoms. The summed E-state index contributed by atoms with van der Waals surface area (Å²) in [5, 5.41) is 3.12. The smallest absolute Gasteiger partial charge is 0.236 e. The van der Waals surface area contributed by atoms with E-state index in [-0.39, 0.29) is 17.9 Å². The van der Waals surface area contributed by atoms with Gasteiger partial charge in [0.2, 0.25) is 11.8 Å². The molecule has 0 radical (unpaired) electrons. The molecule has 1 aliphatic heterocycles. The Bertz CT molecular complexity index is 764. The molecule has 0 aromatic carbocycles. The van der Waals surface area contributed by atoms with Gasteiger partial charge in [0.05, 0.1) is 24.8 Å². The van der Waals surface area contributed by atoms with Crippen LogP contribution in [0, 0.1) is 0 Å². The number of likely N-dealkylation sites (tertiary alicyclic amines) is 1. The Labute approximate surface area is 186 Å². The van der Waals surface area contributed by atoms with Crippen molar-refractivity contribution in [2.24, 2.45) is 0 Å². The van der Waals surface area contributed by atoms with E-state index in [1.54, 1.807) is 18.9 Å². The van der Waals surface area contributed by atoms with Gasteiger partial charge < -0.3 is 15.1 Å². The van der Waals surface area contributed by atoms with E-state index in [0.29, 0.717) is 19.1 Å². The Balaban J connectivity index is 1.76. The lowest BCUT2D eigenvalue weighted by Crippen LogP contribution is -2.46. The first-order valence-electron chi connectivity index (χ1n) is 11.7. The largest absolute Gasteiger partial charge is 0.373 e. The van der Waals surface area contributed by atoms with Crippen LogP contribution in [0.15, 0.2) is 6.07 Å². The standard InChI is InChI=1S/C23H38N6O2/c1-17(30)27(3)15-18-14-21(24-2)26-23(25-18)20-12-8-9-13-29(20)16-22(31)28(4)19-10-6-5-7-11-19/h14,19-20H,5-13,15-16H2,1-4H3,(H,24,25,26)/t20-/m1/s1. The van der Waals surface area contributed by atoms with Gasteiger partial charge in [-0.25, -0.2) is 9.97 Å². The normalized spacial score (nSPS) is 20.3. The molecule has 1 saturated heterocycles. The zero-order valence-corrected chi connectivity index (χ0v) is 19.6. The summed E-state index contributed by atoms with van der Waals surface area (Å²) in [6.45, 7) is 3.28. The van der Waals surface area contributed by atoms with E-state index in [1.807, 2.05) is 25.1 Å². The second-order valence-corrected chi connectivity index (χ2v) is 9.01. The number of nitrogens with one attached hydrogen (secondary N) is 1. The number of likely N-dealkylation sites (N-methyl/N-ethyl adjacent to an activating group) is 1. The molecule has 0 spiro atoms. The lowest BCUT2D eigenvalue weighted by Gasteiger charge is -2.37. The number of anilines is 1. The second-order valence-electron chi connectivity index (χ2n) is 9.01. The molecular weight excluding hydrogens is 392 g/mol. The number of nitrogens with zero attached hydrogens (tertiary/aromatic N) is 5. The number of hydrogen-bond donors (Lipinski definition) is 1. The van der Waals surface area contributed by atoms with E-state index in [4.69, 9.17) is 9.97 Å². The van der Waals surface area contributed by atoms with Crippen molar-refractivity contribution in [3.8, 4) is 0 Å². The van der Waals surface area contributed by atoms with Crippen molar-refractivity contribution in [1.82, 2.24) is 24.7 Å². The van der Waals surface area contributed by atoms with E-state index in [0.717, 1.165) is 56.0 Å². The molecule has 2 fully saturated rings. The van der Waals surface area contributed by atoms with Gasteiger partial charge in [-0.3, -0.25) is 14.5 Å². The maximum Gasteiger partial charge on any atom is 0.236 e. The van der Waals surface area contributed by atoms with Crippen LogP contribution in [-0.4, -0.2) is 76.8 Å². The molecule has 1 saturated carbocycles. The Morgan fingerprint density at radius 2 is 1.81 bits per heavy atom. The van der Waals surface area contributed by atoms with Gasteiger partial charge >= 0.3 is 0 Å². The van der Waals surface area contributed by atoms with Crippen molar-refractivity contribution in [2.45, 2.75) is 76.9 Å². The first-order chi connectivity index (χ1) is 14.9. The molecule has 172 valence electrons. The number of piperidine rings is 1. The minimum atomic E-state index is 0.00168. The summed E-state index contributed by atoms with van der Waals surface area (Å²) in [6, 6.07) is 2.28. The molecular formula is C23H38N6O2. The highest BCUT2D eigenvalue weighted by Gasteiger charge is 2.31. The molecule has 1 aliphatic carbocycles. The van der Waals surface area contributed by atoms with E-state index < -0.39 is 0 Å². The Kier molecular flexibility index (Phi) is 8.23. The third-order valence-corrected chi connectivity index (χ3v) is 6.76. The van der Waals surface area contributed by atoms with Gasteiger partial charge in [0.1, 0.15) is 11.6 Å². The summed E-state index contributed by atoms with van der Waals surface area (Å²) in [5.74, 6) is 1.68. The maximum atomic E-state index is 13.1. The number of aromatic nitrogens is 2. The number of hydrogen-bond acceptors (Lipinski definition) is 6. The van der Waals surface area contributed by atoms with Crippen LogP contribution in [0.25, 0.3) is 0 Å². The van der Waals surface area contributed by atoms with Crippen LogP contribution in [0.2, 0.25) is 0 Å². The van der Waals surface area contributed by atoms with Crippen molar-refractivity contribution >= 4 is 17.6 Å². The predicted octanol–water partition coefficient (Wildman–Crippen LogP) is 2.81. The van der Waals surface area contributed by atoms with Crippen molar-refractivity contribution < 1.29 is 9.59 Å². The summed E-state index contributed by atoms with van der Waals surface area (Å²) in [7, 11) is 5.58. The summed E-state index contributed by atoms with van der Waals surface area (Å²) in [4.78, 5) is 40.2. The van der Waals surface area contributed by atoms with Gasteiger partial charge in [0, 0.05) is 40.2 Å². The van der Waals surface area contributed by atoms with E-state index in [9.17, 15) is 9.59 Å². The van der Waals surface area contributed by atoms with Gasteiger partial charge in [-0.1, -0.05) is 25.7 Å². The average Bonchev–Trinajstić information content (AvgIpc) is 2.79. The average molecular weight is 431 g/mol.